The number of ether oxygens (including phenoxy) is 1. The Morgan fingerprint density at radius 2 is 1.56 bits per heavy atom. The van der Waals surface area contributed by atoms with Gasteiger partial charge in [-0.1, -0.05) is 55.7 Å². The number of benzene rings is 3. The number of halogens is 1. The standard InChI is InChI=1S/C34H40FNO5/c35-31-17-18-32(41-24-26-11-13-28(14-12-26)27-6-2-1-3-7-27)30(22-31)19-21-36(20-5-4-8-33(37)38)23-25-9-15-29(16-10-25)34(39)40/h9-18,22,27H,1-8,19-21,23-24H2,(H,37,38)(H,39,40). The van der Waals surface area contributed by atoms with Crippen molar-refractivity contribution in [3.05, 3.63) is 100 Å². The topological polar surface area (TPSA) is 87.1 Å². The first-order chi connectivity index (χ1) is 19.9. The highest BCUT2D eigenvalue weighted by Gasteiger charge is 2.16. The van der Waals surface area contributed by atoms with Crippen molar-refractivity contribution in [3.63, 3.8) is 0 Å². The van der Waals surface area contributed by atoms with E-state index in [0.29, 0.717) is 57.2 Å². The quantitative estimate of drug-likeness (QED) is 0.187. The summed E-state index contributed by atoms with van der Waals surface area (Å²) in [7, 11) is 0. The number of carbonyl (C=O) groups is 2. The van der Waals surface area contributed by atoms with E-state index in [2.05, 4.69) is 29.2 Å². The molecule has 1 fully saturated rings. The molecule has 7 heteroatoms. The first-order valence-electron chi connectivity index (χ1n) is 14.6. The van der Waals surface area contributed by atoms with Crippen molar-refractivity contribution in [2.75, 3.05) is 13.1 Å². The number of carboxylic acid groups (broad SMARTS) is 2. The number of aliphatic carboxylic acids is 1. The average Bonchev–Trinajstić information content (AvgIpc) is 2.98. The first-order valence-corrected chi connectivity index (χ1v) is 14.6. The molecule has 1 aliphatic carbocycles. The van der Waals surface area contributed by atoms with Crippen LogP contribution < -0.4 is 4.74 Å². The second-order valence-corrected chi connectivity index (χ2v) is 11.0. The molecule has 3 aromatic carbocycles. The van der Waals surface area contributed by atoms with Crippen molar-refractivity contribution in [1.29, 1.82) is 0 Å². The van der Waals surface area contributed by atoms with Gasteiger partial charge < -0.3 is 14.9 Å². The molecule has 0 amide bonds. The maximum Gasteiger partial charge on any atom is 0.335 e. The second-order valence-electron chi connectivity index (χ2n) is 11.0. The Hall–Kier alpha value is -3.71. The maximum absolute atomic E-state index is 14.3. The summed E-state index contributed by atoms with van der Waals surface area (Å²) in [5, 5.41) is 18.2. The number of aromatic carboxylic acids is 1. The summed E-state index contributed by atoms with van der Waals surface area (Å²) in [6.45, 7) is 2.26. The second kappa shape index (κ2) is 15.3. The number of hydrogen-bond acceptors (Lipinski definition) is 4. The van der Waals surface area contributed by atoms with Crippen molar-refractivity contribution in [2.45, 2.75) is 76.9 Å². The molecule has 0 atom stereocenters. The number of carboxylic acids is 2. The van der Waals surface area contributed by atoms with Gasteiger partial charge in [0.25, 0.3) is 0 Å². The Morgan fingerprint density at radius 3 is 2.24 bits per heavy atom. The zero-order chi connectivity index (χ0) is 29.0. The van der Waals surface area contributed by atoms with E-state index < -0.39 is 11.9 Å². The van der Waals surface area contributed by atoms with Gasteiger partial charge in [-0.15, -0.1) is 0 Å². The van der Waals surface area contributed by atoms with Gasteiger partial charge in [-0.3, -0.25) is 9.69 Å². The van der Waals surface area contributed by atoms with Crippen molar-refractivity contribution in [3.8, 4) is 5.75 Å². The van der Waals surface area contributed by atoms with Crippen LogP contribution in [-0.2, 0) is 24.4 Å². The maximum atomic E-state index is 14.3. The van der Waals surface area contributed by atoms with Crippen LogP contribution in [-0.4, -0.2) is 40.1 Å². The first kappa shape index (κ1) is 30.3. The van der Waals surface area contributed by atoms with E-state index in [1.165, 1.54) is 49.8 Å². The Labute approximate surface area is 241 Å². The summed E-state index contributed by atoms with van der Waals surface area (Å²) in [5.74, 6) is -0.794. The van der Waals surface area contributed by atoms with Crippen LogP contribution in [0, 0.1) is 5.82 Å². The molecule has 0 aliphatic heterocycles. The van der Waals surface area contributed by atoms with E-state index in [-0.39, 0.29) is 17.8 Å². The lowest BCUT2D eigenvalue weighted by Crippen LogP contribution is -2.27. The Bertz CT molecular complexity index is 1270. The van der Waals surface area contributed by atoms with Gasteiger partial charge in [0.15, 0.2) is 0 Å². The van der Waals surface area contributed by atoms with Crippen LogP contribution in [0.25, 0.3) is 0 Å². The summed E-state index contributed by atoms with van der Waals surface area (Å²) < 4.78 is 20.4. The summed E-state index contributed by atoms with van der Waals surface area (Å²) in [4.78, 5) is 24.3. The summed E-state index contributed by atoms with van der Waals surface area (Å²) >= 11 is 0. The minimum atomic E-state index is -0.971. The van der Waals surface area contributed by atoms with Gasteiger partial charge in [0.05, 0.1) is 5.56 Å². The van der Waals surface area contributed by atoms with Crippen molar-refractivity contribution >= 4 is 11.9 Å². The lowest BCUT2D eigenvalue weighted by molar-refractivity contribution is -0.137. The van der Waals surface area contributed by atoms with Crippen LogP contribution in [0.5, 0.6) is 5.75 Å². The molecular weight excluding hydrogens is 521 g/mol. The third-order valence-corrected chi connectivity index (χ3v) is 7.89. The van der Waals surface area contributed by atoms with Crippen LogP contribution in [0.1, 0.15) is 89.9 Å². The minimum Gasteiger partial charge on any atom is -0.489 e. The van der Waals surface area contributed by atoms with Gasteiger partial charge in [-0.05, 0) is 97.2 Å². The molecule has 0 saturated heterocycles. The number of hydrogen-bond donors (Lipinski definition) is 2. The molecule has 0 aromatic heterocycles. The van der Waals surface area contributed by atoms with E-state index in [0.717, 1.165) is 16.7 Å². The lowest BCUT2D eigenvalue weighted by Gasteiger charge is -2.23. The van der Waals surface area contributed by atoms with Crippen molar-refractivity contribution in [2.24, 2.45) is 0 Å². The van der Waals surface area contributed by atoms with Crippen molar-refractivity contribution < 1.29 is 28.9 Å². The van der Waals surface area contributed by atoms with Gasteiger partial charge in [-0.2, -0.15) is 0 Å². The molecule has 6 nitrogen and oxygen atoms in total. The Morgan fingerprint density at radius 1 is 0.854 bits per heavy atom. The SMILES string of the molecule is O=C(O)CCCCN(CCc1cc(F)ccc1OCc1ccc(C2CCCCC2)cc1)Cc1ccc(C(=O)O)cc1. The van der Waals surface area contributed by atoms with Crippen LogP contribution in [0.3, 0.4) is 0 Å². The van der Waals surface area contributed by atoms with Gasteiger partial charge in [0.1, 0.15) is 18.2 Å². The number of rotatable bonds is 15. The summed E-state index contributed by atoms with van der Waals surface area (Å²) in [5.41, 5.74) is 4.44. The van der Waals surface area contributed by atoms with E-state index >= 15 is 0 Å². The average molecular weight is 562 g/mol. The monoisotopic (exact) mass is 561 g/mol. The molecule has 3 aromatic rings. The molecule has 2 N–H and O–H groups in total. The van der Waals surface area contributed by atoms with Gasteiger partial charge in [0.2, 0.25) is 0 Å². The van der Waals surface area contributed by atoms with Crippen LogP contribution in [0.4, 0.5) is 4.39 Å². The predicted molar refractivity (Wildman–Crippen MR) is 157 cm³/mol. The van der Waals surface area contributed by atoms with Gasteiger partial charge >= 0.3 is 11.9 Å². The molecular formula is C34H40FNO5. The van der Waals surface area contributed by atoms with Crippen LogP contribution in [0.15, 0.2) is 66.7 Å². The van der Waals surface area contributed by atoms with E-state index in [9.17, 15) is 19.1 Å². The molecule has 1 saturated carbocycles. The molecule has 4 rings (SSSR count). The molecule has 41 heavy (non-hydrogen) atoms. The largest absolute Gasteiger partial charge is 0.489 e. The predicted octanol–water partition coefficient (Wildman–Crippen LogP) is 7.45. The van der Waals surface area contributed by atoms with Crippen molar-refractivity contribution in [1.82, 2.24) is 4.90 Å². The third-order valence-electron chi connectivity index (χ3n) is 7.89. The normalized spacial score (nSPS) is 13.8. The summed E-state index contributed by atoms with van der Waals surface area (Å²) in [6, 6.07) is 20.1. The molecule has 0 radical (unpaired) electrons. The third kappa shape index (κ3) is 9.71. The zero-order valence-electron chi connectivity index (χ0n) is 23.6. The van der Waals surface area contributed by atoms with E-state index in [1.807, 2.05) is 0 Å². The fourth-order valence-corrected chi connectivity index (χ4v) is 5.54. The molecule has 0 bridgehead atoms. The lowest BCUT2D eigenvalue weighted by atomic mass is 9.84. The number of unbranched alkanes of at least 4 members (excludes halogenated alkanes) is 1. The smallest absolute Gasteiger partial charge is 0.335 e. The van der Waals surface area contributed by atoms with E-state index in [1.54, 1.807) is 30.3 Å². The molecule has 0 heterocycles. The highest BCUT2D eigenvalue weighted by Crippen LogP contribution is 2.32. The molecule has 218 valence electrons. The van der Waals surface area contributed by atoms with Gasteiger partial charge in [-0.25, -0.2) is 9.18 Å². The van der Waals surface area contributed by atoms with Crippen LogP contribution in [0.2, 0.25) is 0 Å². The Kier molecular flexibility index (Phi) is 11.3. The minimum absolute atomic E-state index is 0.116. The van der Waals surface area contributed by atoms with E-state index in [4.69, 9.17) is 9.84 Å². The van der Waals surface area contributed by atoms with Crippen LogP contribution >= 0.6 is 0 Å². The summed E-state index contributed by atoms with van der Waals surface area (Å²) in [6.07, 6.45) is 8.42. The molecule has 1 aliphatic rings. The number of nitrogens with zero attached hydrogens (tertiary/aromatic N) is 1. The molecule has 0 spiro atoms. The van der Waals surface area contributed by atoms with Gasteiger partial charge in [0, 0.05) is 19.5 Å². The highest BCUT2D eigenvalue weighted by molar-refractivity contribution is 5.87. The fourth-order valence-electron chi connectivity index (χ4n) is 5.54. The zero-order valence-corrected chi connectivity index (χ0v) is 23.6. The molecule has 0 unspecified atom stereocenters. The highest BCUT2D eigenvalue weighted by atomic mass is 19.1. The fraction of sp³-hybridized carbons (Fsp3) is 0.412. The Balaban J connectivity index is 1.38.